The minimum absolute atomic E-state index is 0.0240. The second kappa shape index (κ2) is 12.8. The number of aromatic nitrogens is 1. The van der Waals surface area contributed by atoms with Crippen LogP contribution in [0.1, 0.15) is 59.9 Å². The van der Waals surface area contributed by atoms with Crippen molar-refractivity contribution in [1.29, 1.82) is 0 Å². The minimum atomic E-state index is -1.03. The van der Waals surface area contributed by atoms with Gasteiger partial charge in [0.25, 0.3) is 0 Å². The number of carbonyl (C=O) groups is 3. The van der Waals surface area contributed by atoms with E-state index in [1.807, 2.05) is 36.4 Å². The highest BCUT2D eigenvalue weighted by atomic mass is 19.1. The van der Waals surface area contributed by atoms with Gasteiger partial charge in [-0.15, -0.1) is 0 Å². The molecule has 3 aromatic rings. The number of rotatable bonds is 9. The van der Waals surface area contributed by atoms with E-state index in [-0.39, 0.29) is 24.3 Å². The third kappa shape index (κ3) is 7.15. The van der Waals surface area contributed by atoms with Crippen molar-refractivity contribution < 1.29 is 23.5 Å². The summed E-state index contributed by atoms with van der Waals surface area (Å²) in [5, 5.41) is 5.49. The van der Waals surface area contributed by atoms with Crippen LogP contribution in [0.4, 0.5) is 9.18 Å². The fourth-order valence-electron chi connectivity index (χ4n) is 4.80. The lowest BCUT2D eigenvalue weighted by molar-refractivity contribution is -0.131. The normalized spacial score (nSPS) is 17.7. The number of primary amides is 1. The van der Waals surface area contributed by atoms with Crippen LogP contribution in [0.2, 0.25) is 0 Å². The Hall–Kier alpha value is -4.27. The van der Waals surface area contributed by atoms with Crippen molar-refractivity contribution in [3.05, 3.63) is 101 Å². The number of ether oxygens (including phenoxy) is 1. The predicted octanol–water partition coefficient (Wildman–Crippen LogP) is 4.26. The van der Waals surface area contributed by atoms with E-state index in [0.717, 1.165) is 36.0 Å². The standard InChI is InChI=1S/C29H31FN4O4/c30-23-11-9-22(10-12-23)26(27(31)35)34-28(36)25-4-2-1-3-24(25)21-7-5-20(6-8-21)18-38-29(37)33-17-19-13-15-32-16-14-19/h5-16,24-26H,1-4,17-18H2,(H2,31,35)(H,33,37)(H,34,36). The fourth-order valence-corrected chi connectivity index (χ4v) is 4.80. The quantitative estimate of drug-likeness (QED) is 0.391. The summed E-state index contributed by atoms with van der Waals surface area (Å²) in [6, 6.07) is 15.6. The SMILES string of the molecule is NC(=O)C(NC(=O)C1CCCCC1c1ccc(COC(=O)NCc2ccncc2)cc1)c1ccc(F)cc1. The summed E-state index contributed by atoms with van der Waals surface area (Å²) in [6.45, 7) is 0.470. The van der Waals surface area contributed by atoms with Crippen LogP contribution in [-0.4, -0.2) is 22.9 Å². The summed E-state index contributed by atoms with van der Waals surface area (Å²) >= 11 is 0. The molecule has 9 heteroatoms. The van der Waals surface area contributed by atoms with E-state index in [1.54, 1.807) is 12.4 Å². The first kappa shape index (κ1) is 26.8. The Morgan fingerprint density at radius 2 is 1.63 bits per heavy atom. The number of amides is 3. The highest BCUT2D eigenvalue weighted by Gasteiger charge is 2.34. The van der Waals surface area contributed by atoms with Crippen molar-refractivity contribution >= 4 is 17.9 Å². The number of halogens is 1. The number of nitrogens with one attached hydrogen (secondary N) is 2. The molecule has 1 fully saturated rings. The van der Waals surface area contributed by atoms with Gasteiger partial charge in [0, 0.05) is 24.9 Å². The zero-order valence-electron chi connectivity index (χ0n) is 20.9. The molecular weight excluding hydrogens is 487 g/mol. The van der Waals surface area contributed by atoms with Crippen LogP contribution < -0.4 is 16.4 Å². The van der Waals surface area contributed by atoms with Gasteiger partial charge in [0.2, 0.25) is 11.8 Å². The third-order valence-corrected chi connectivity index (χ3v) is 6.84. The third-order valence-electron chi connectivity index (χ3n) is 6.84. The molecule has 3 unspecified atom stereocenters. The predicted molar refractivity (Wildman–Crippen MR) is 139 cm³/mol. The monoisotopic (exact) mass is 518 g/mol. The molecule has 1 aliphatic rings. The van der Waals surface area contributed by atoms with Crippen molar-refractivity contribution in [3.8, 4) is 0 Å². The van der Waals surface area contributed by atoms with Gasteiger partial charge >= 0.3 is 6.09 Å². The molecule has 0 saturated heterocycles. The molecule has 3 amide bonds. The van der Waals surface area contributed by atoms with Crippen LogP contribution >= 0.6 is 0 Å². The molecule has 3 atom stereocenters. The first-order valence-electron chi connectivity index (χ1n) is 12.6. The summed E-state index contributed by atoms with van der Waals surface area (Å²) < 4.78 is 18.6. The number of alkyl carbamates (subject to hydrolysis) is 1. The lowest BCUT2D eigenvalue weighted by Crippen LogP contribution is -2.42. The molecule has 198 valence electrons. The van der Waals surface area contributed by atoms with Gasteiger partial charge in [-0.1, -0.05) is 49.2 Å². The van der Waals surface area contributed by atoms with Crippen molar-refractivity contribution in [2.45, 2.75) is 50.8 Å². The molecule has 1 saturated carbocycles. The maximum absolute atomic E-state index is 13.3. The van der Waals surface area contributed by atoms with Crippen molar-refractivity contribution in [2.24, 2.45) is 11.7 Å². The fraction of sp³-hybridized carbons (Fsp3) is 0.310. The summed E-state index contributed by atoms with van der Waals surface area (Å²) in [5.41, 5.74) is 8.75. The molecule has 8 nitrogen and oxygen atoms in total. The molecule has 0 spiro atoms. The molecule has 38 heavy (non-hydrogen) atoms. The largest absolute Gasteiger partial charge is 0.445 e. The van der Waals surface area contributed by atoms with Crippen LogP contribution in [-0.2, 0) is 27.5 Å². The number of pyridine rings is 1. The molecule has 0 radical (unpaired) electrons. The second-order valence-corrected chi connectivity index (χ2v) is 9.42. The van der Waals surface area contributed by atoms with E-state index in [2.05, 4.69) is 15.6 Å². The molecule has 2 aromatic carbocycles. The van der Waals surface area contributed by atoms with Gasteiger partial charge in [-0.3, -0.25) is 14.6 Å². The highest BCUT2D eigenvalue weighted by Crippen LogP contribution is 2.38. The smallest absolute Gasteiger partial charge is 0.407 e. The van der Waals surface area contributed by atoms with E-state index in [4.69, 9.17) is 10.5 Å². The number of nitrogens with zero attached hydrogens (tertiary/aromatic N) is 1. The Bertz CT molecular complexity index is 1240. The van der Waals surface area contributed by atoms with Crippen molar-refractivity contribution in [3.63, 3.8) is 0 Å². The average molecular weight is 519 g/mol. The van der Waals surface area contributed by atoms with E-state index in [1.165, 1.54) is 24.3 Å². The number of carbonyl (C=O) groups excluding carboxylic acids is 3. The Balaban J connectivity index is 1.35. The van der Waals surface area contributed by atoms with Gasteiger partial charge in [0.15, 0.2) is 0 Å². The van der Waals surface area contributed by atoms with Crippen LogP contribution in [0, 0.1) is 11.7 Å². The summed E-state index contributed by atoms with van der Waals surface area (Å²) in [4.78, 5) is 41.3. The van der Waals surface area contributed by atoms with Gasteiger partial charge in [0.1, 0.15) is 18.5 Å². The minimum Gasteiger partial charge on any atom is -0.445 e. The number of hydrogen-bond donors (Lipinski definition) is 3. The van der Waals surface area contributed by atoms with Gasteiger partial charge in [-0.05, 0) is 65.3 Å². The maximum atomic E-state index is 13.3. The zero-order valence-corrected chi connectivity index (χ0v) is 20.9. The summed E-state index contributed by atoms with van der Waals surface area (Å²) in [5.74, 6) is -1.74. The molecule has 1 heterocycles. The average Bonchev–Trinajstić information content (AvgIpc) is 2.95. The van der Waals surface area contributed by atoms with Crippen molar-refractivity contribution in [2.75, 3.05) is 0 Å². The maximum Gasteiger partial charge on any atom is 0.407 e. The van der Waals surface area contributed by atoms with E-state index in [0.29, 0.717) is 18.5 Å². The lowest BCUT2D eigenvalue weighted by Gasteiger charge is -2.32. The van der Waals surface area contributed by atoms with E-state index < -0.39 is 23.9 Å². The van der Waals surface area contributed by atoms with Crippen molar-refractivity contribution in [1.82, 2.24) is 15.6 Å². The van der Waals surface area contributed by atoms with Crippen LogP contribution in [0.3, 0.4) is 0 Å². The molecule has 1 aliphatic carbocycles. The summed E-state index contributed by atoms with van der Waals surface area (Å²) in [7, 11) is 0. The Morgan fingerprint density at radius 1 is 0.947 bits per heavy atom. The van der Waals surface area contributed by atoms with E-state index >= 15 is 0 Å². The molecule has 4 N–H and O–H groups in total. The number of nitrogens with two attached hydrogens (primary N) is 1. The molecular formula is C29H31FN4O4. The van der Waals surface area contributed by atoms with Gasteiger partial charge in [-0.25, -0.2) is 9.18 Å². The lowest BCUT2D eigenvalue weighted by atomic mass is 9.74. The first-order chi connectivity index (χ1) is 18.4. The topological polar surface area (TPSA) is 123 Å². The van der Waals surface area contributed by atoms with Crippen LogP contribution in [0.25, 0.3) is 0 Å². The van der Waals surface area contributed by atoms with Gasteiger partial charge in [0.05, 0.1) is 0 Å². The highest BCUT2D eigenvalue weighted by molar-refractivity contribution is 5.89. The Kier molecular flexibility index (Phi) is 9.02. The summed E-state index contributed by atoms with van der Waals surface area (Å²) in [6.07, 6.45) is 6.23. The number of hydrogen-bond acceptors (Lipinski definition) is 5. The Morgan fingerprint density at radius 3 is 2.32 bits per heavy atom. The van der Waals surface area contributed by atoms with Gasteiger partial charge < -0.3 is 21.1 Å². The van der Waals surface area contributed by atoms with Crippen LogP contribution in [0.5, 0.6) is 0 Å². The first-order valence-corrected chi connectivity index (χ1v) is 12.6. The molecule has 4 rings (SSSR count). The zero-order chi connectivity index (χ0) is 26.9. The molecule has 0 aliphatic heterocycles. The van der Waals surface area contributed by atoms with Crippen LogP contribution in [0.15, 0.2) is 73.1 Å². The molecule has 1 aromatic heterocycles. The van der Waals surface area contributed by atoms with Gasteiger partial charge in [-0.2, -0.15) is 0 Å². The Labute approximate surface area is 220 Å². The second-order valence-electron chi connectivity index (χ2n) is 9.42. The molecule has 0 bridgehead atoms. The number of benzene rings is 2. The van der Waals surface area contributed by atoms with E-state index in [9.17, 15) is 18.8 Å².